The van der Waals surface area contributed by atoms with Crippen LogP contribution in [-0.4, -0.2) is 4.57 Å². The highest BCUT2D eigenvalue weighted by Gasteiger charge is 2.33. The third-order valence-corrected chi connectivity index (χ3v) is 9.27. The van der Waals surface area contributed by atoms with Crippen LogP contribution < -0.4 is 4.57 Å². The molecule has 0 aliphatic rings. The fraction of sp³-hybridized carbons (Fsp3) is 0.190. The molecule has 0 unspecified atom stereocenters. The van der Waals surface area contributed by atoms with Gasteiger partial charge in [0.2, 0.25) is 0 Å². The van der Waals surface area contributed by atoms with Crippen molar-refractivity contribution in [3.05, 3.63) is 132 Å². The van der Waals surface area contributed by atoms with Crippen LogP contribution in [0.1, 0.15) is 61.8 Å². The predicted octanol–water partition coefficient (Wildman–Crippen LogP) is 10.6. The number of furan rings is 1. The fourth-order valence-electron chi connectivity index (χ4n) is 6.86. The summed E-state index contributed by atoms with van der Waals surface area (Å²) in [5, 5.41) is 11.0. The van der Waals surface area contributed by atoms with Crippen molar-refractivity contribution in [3.63, 3.8) is 0 Å². The van der Waals surface area contributed by atoms with Crippen molar-refractivity contribution >= 4 is 22.0 Å². The normalized spacial score (nSPS) is 11.6. The quantitative estimate of drug-likeness (QED) is 0.178. The van der Waals surface area contributed by atoms with Gasteiger partial charge in [-0.3, -0.25) is 0 Å². The first-order chi connectivity index (χ1) is 22.3. The van der Waals surface area contributed by atoms with Gasteiger partial charge in [-0.2, -0.15) is 9.83 Å². The number of aryl methyl sites for hydroxylation is 2. The Balaban J connectivity index is 1.54. The fourth-order valence-corrected chi connectivity index (χ4v) is 6.86. The maximum absolute atomic E-state index is 9.97. The lowest BCUT2D eigenvalue weighted by Crippen LogP contribution is -2.30. The molecule has 7 aromatic rings. The van der Waals surface area contributed by atoms with Crippen LogP contribution in [0.15, 0.2) is 114 Å². The van der Waals surface area contributed by atoms with Gasteiger partial charge in [-0.1, -0.05) is 88.4 Å². The first-order valence-corrected chi connectivity index (χ1v) is 16.0. The molecule has 4 heteroatoms. The summed E-state index contributed by atoms with van der Waals surface area (Å²) in [6.07, 6.45) is 1.77. The van der Waals surface area contributed by atoms with Crippen molar-refractivity contribution in [1.29, 1.82) is 5.26 Å². The third-order valence-electron chi connectivity index (χ3n) is 9.27. The Morgan fingerprint density at radius 3 is 1.98 bits per heavy atom. The van der Waals surface area contributed by atoms with E-state index in [1.807, 2.05) is 18.2 Å². The van der Waals surface area contributed by atoms with Crippen molar-refractivity contribution in [1.82, 2.24) is 4.57 Å². The van der Waals surface area contributed by atoms with E-state index in [0.717, 1.165) is 33.4 Å². The zero-order valence-corrected chi connectivity index (χ0v) is 27.3. The summed E-state index contributed by atoms with van der Waals surface area (Å²) in [5.74, 6) is 1.56. The number of aromatic nitrogens is 2. The molecule has 226 valence electrons. The molecule has 0 saturated heterocycles. The minimum Gasteiger partial charge on any atom is -0.464 e. The van der Waals surface area contributed by atoms with E-state index in [2.05, 4.69) is 142 Å². The molecule has 0 N–H and O–H groups in total. The van der Waals surface area contributed by atoms with E-state index >= 15 is 0 Å². The highest BCUT2D eigenvalue weighted by molar-refractivity contribution is 5.96. The second kappa shape index (κ2) is 11.5. The van der Waals surface area contributed by atoms with Gasteiger partial charge in [0, 0.05) is 22.6 Å². The molecule has 0 atom stereocenters. The van der Waals surface area contributed by atoms with E-state index < -0.39 is 0 Å². The average molecular weight is 601 g/mol. The lowest BCUT2D eigenvalue weighted by atomic mass is 9.87. The van der Waals surface area contributed by atoms with Crippen molar-refractivity contribution in [2.45, 2.75) is 46.5 Å². The SMILES string of the molecule is Cc1ccc2occc2c1-c1n(-c2c(C(C)C)cc(-c3ccc(-c4ccccc4)cc3)cc2C(C)C)c2cc(C#N)ccc2[n+]1C. The van der Waals surface area contributed by atoms with Gasteiger partial charge in [0.1, 0.15) is 11.3 Å². The first kappa shape index (κ1) is 29.3. The molecule has 5 aromatic carbocycles. The summed E-state index contributed by atoms with van der Waals surface area (Å²) in [5.41, 5.74) is 14.4. The molecule has 0 bridgehead atoms. The van der Waals surface area contributed by atoms with Crippen molar-refractivity contribution < 1.29 is 8.98 Å². The summed E-state index contributed by atoms with van der Waals surface area (Å²) >= 11 is 0. The van der Waals surface area contributed by atoms with Gasteiger partial charge >= 0.3 is 0 Å². The minimum absolute atomic E-state index is 0.247. The molecule has 46 heavy (non-hydrogen) atoms. The van der Waals surface area contributed by atoms with Gasteiger partial charge in [0.15, 0.2) is 11.0 Å². The van der Waals surface area contributed by atoms with E-state index in [0.29, 0.717) is 5.56 Å². The first-order valence-electron chi connectivity index (χ1n) is 16.0. The molecule has 0 aliphatic carbocycles. The van der Waals surface area contributed by atoms with Crippen molar-refractivity contribution in [2.24, 2.45) is 7.05 Å². The average Bonchev–Trinajstić information content (AvgIpc) is 3.66. The summed E-state index contributed by atoms with van der Waals surface area (Å²) in [4.78, 5) is 0. The number of fused-ring (bicyclic) bond motifs is 2. The number of nitriles is 1. The van der Waals surface area contributed by atoms with E-state index in [1.54, 1.807) is 6.26 Å². The standard InChI is InChI=1S/C42H38N3O/c1-26(2)35-23-33(32-16-14-31(15-17-32)30-10-8-7-9-11-30)24-36(27(3)4)41(35)45-38-22-29(25-43)13-18-37(38)44(6)42(45)40-28(5)12-19-39-34(40)20-21-46-39/h7-24,26-27H,1-6H3/q+1. The Morgan fingerprint density at radius 1 is 0.717 bits per heavy atom. The van der Waals surface area contributed by atoms with Crippen LogP contribution in [0.2, 0.25) is 0 Å². The molecule has 0 spiro atoms. The smallest absolute Gasteiger partial charge is 0.295 e. The number of rotatable bonds is 6. The molecule has 0 aliphatic heterocycles. The highest BCUT2D eigenvalue weighted by atomic mass is 16.3. The van der Waals surface area contributed by atoms with Crippen LogP contribution in [0.5, 0.6) is 0 Å². The van der Waals surface area contributed by atoms with E-state index in [1.165, 1.54) is 44.6 Å². The topological polar surface area (TPSA) is 45.7 Å². The lowest BCUT2D eigenvalue weighted by Gasteiger charge is -2.21. The predicted molar refractivity (Wildman–Crippen MR) is 188 cm³/mol. The zero-order valence-electron chi connectivity index (χ0n) is 27.3. The number of nitrogens with zero attached hydrogens (tertiary/aromatic N) is 3. The summed E-state index contributed by atoms with van der Waals surface area (Å²) < 4.78 is 10.6. The molecule has 0 fully saturated rings. The lowest BCUT2D eigenvalue weighted by molar-refractivity contribution is -0.633. The van der Waals surface area contributed by atoms with Gasteiger partial charge in [0.25, 0.3) is 5.82 Å². The Hall–Kier alpha value is -5.40. The third kappa shape index (κ3) is 4.80. The molecule has 0 radical (unpaired) electrons. The van der Waals surface area contributed by atoms with Crippen LogP contribution in [0.3, 0.4) is 0 Å². The maximum Gasteiger partial charge on any atom is 0.295 e. The van der Waals surface area contributed by atoms with Crippen molar-refractivity contribution in [2.75, 3.05) is 0 Å². The zero-order chi connectivity index (χ0) is 32.1. The van der Waals surface area contributed by atoms with E-state index in [9.17, 15) is 5.26 Å². The number of benzene rings is 5. The highest BCUT2D eigenvalue weighted by Crippen LogP contribution is 2.42. The summed E-state index contributed by atoms with van der Waals surface area (Å²) in [7, 11) is 2.13. The second-order valence-electron chi connectivity index (χ2n) is 12.9. The Labute approximate surface area is 270 Å². The Bertz CT molecular complexity index is 2250. The van der Waals surface area contributed by atoms with Crippen LogP contribution in [0.25, 0.3) is 61.3 Å². The van der Waals surface area contributed by atoms with Gasteiger partial charge in [0.05, 0.1) is 30.5 Å². The monoisotopic (exact) mass is 600 g/mol. The van der Waals surface area contributed by atoms with Crippen LogP contribution in [0.4, 0.5) is 0 Å². The number of hydrogen-bond donors (Lipinski definition) is 0. The number of imidazole rings is 1. The second-order valence-corrected chi connectivity index (χ2v) is 12.9. The van der Waals surface area contributed by atoms with Gasteiger partial charge < -0.3 is 4.42 Å². The molecule has 2 aromatic heterocycles. The minimum atomic E-state index is 0.247. The van der Waals surface area contributed by atoms with Gasteiger partial charge in [-0.15, -0.1) is 0 Å². The molecule has 0 amide bonds. The van der Waals surface area contributed by atoms with Crippen molar-refractivity contribution in [3.8, 4) is 45.4 Å². The maximum atomic E-state index is 9.97. The molecular formula is C42H38N3O+. The van der Waals surface area contributed by atoms with Gasteiger partial charge in [-0.25, -0.2) is 4.57 Å². The molecule has 4 nitrogen and oxygen atoms in total. The largest absolute Gasteiger partial charge is 0.464 e. The Kier molecular flexibility index (Phi) is 7.34. The summed E-state index contributed by atoms with van der Waals surface area (Å²) in [6.45, 7) is 11.3. The Morgan fingerprint density at radius 2 is 1.35 bits per heavy atom. The molecule has 0 saturated carbocycles. The summed E-state index contributed by atoms with van der Waals surface area (Å²) in [6, 6.07) is 38.9. The van der Waals surface area contributed by atoms with E-state index in [4.69, 9.17) is 4.42 Å². The molecule has 2 heterocycles. The van der Waals surface area contributed by atoms with Gasteiger partial charge in [-0.05, 0) is 83.0 Å². The van der Waals surface area contributed by atoms with Crippen LogP contribution in [0, 0.1) is 18.3 Å². The number of hydrogen-bond acceptors (Lipinski definition) is 2. The van der Waals surface area contributed by atoms with Crippen LogP contribution >= 0.6 is 0 Å². The van der Waals surface area contributed by atoms with E-state index in [-0.39, 0.29) is 11.8 Å². The molecular weight excluding hydrogens is 562 g/mol. The van der Waals surface area contributed by atoms with Crippen LogP contribution in [-0.2, 0) is 7.05 Å². The molecule has 7 rings (SSSR count).